The van der Waals surface area contributed by atoms with E-state index in [9.17, 15) is 0 Å². The Labute approximate surface area is 130 Å². The summed E-state index contributed by atoms with van der Waals surface area (Å²) in [6.45, 7) is 12.8. The summed E-state index contributed by atoms with van der Waals surface area (Å²) in [5.41, 5.74) is 0.173. The summed E-state index contributed by atoms with van der Waals surface area (Å²) in [5, 5.41) is 3.52. The Balaban J connectivity index is 1.50. The first-order valence-electron chi connectivity index (χ1n) is 8.73. The van der Waals surface area contributed by atoms with Gasteiger partial charge in [-0.25, -0.2) is 0 Å². The number of ether oxygens (including phenoxy) is 2. The fourth-order valence-electron chi connectivity index (χ4n) is 3.06. The molecule has 21 heavy (non-hydrogen) atoms. The van der Waals surface area contributed by atoms with Crippen molar-refractivity contribution in [3.8, 4) is 0 Å². The molecule has 0 aromatic rings. The molecule has 0 saturated carbocycles. The Kier molecular flexibility index (Phi) is 6.93. The number of rotatable bonds is 7. The Morgan fingerprint density at radius 2 is 1.81 bits per heavy atom. The van der Waals surface area contributed by atoms with Gasteiger partial charge < -0.3 is 19.7 Å². The van der Waals surface area contributed by atoms with E-state index in [1.54, 1.807) is 0 Å². The van der Waals surface area contributed by atoms with Crippen LogP contribution in [0.25, 0.3) is 0 Å². The lowest BCUT2D eigenvalue weighted by atomic mass is 10.1. The average molecular weight is 298 g/mol. The average Bonchev–Trinajstić information content (AvgIpc) is 2.90. The second-order valence-electron chi connectivity index (χ2n) is 7.57. The van der Waals surface area contributed by atoms with Crippen LogP contribution in [0, 0.1) is 0 Å². The predicted octanol–water partition coefficient (Wildman–Crippen LogP) is 2.42. The van der Waals surface area contributed by atoms with Gasteiger partial charge in [-0.3, -0.25) is 0 Å². The molecule has 0 spiro atoms. The van der Waals surface area contributed by atoms with E-state index in [1.165, 1.54) is 32.4 Å². The number of hydrogen-bond donors (Lipinski definition) is 1. The van der Waals surface area contributed by atoms with Crippen molar-refractivity contribution in [1.82, 2.24) is 10.2 Å². The van der Waals surface area contributed by atoms with Crippen molar-refractivity contribution in [2.45, 2.75) is 70.6 Å². The number of nitrogens with one attached hydrogen (secondary N) is 1. The lowest BCUT2D eigenvalue weighted by molar-refractivity contribution is -0.0200. The molecule has 124 valence electrons. The minimum absolute atomic E-state index is 0.173. The highest BCUT2D eigenvalue weighted by molar-refractivity contribution is 4.79. The maximum absolute atomic E-state index is 6.05. The van der Waals surface area contributed by atoms with Crippen molar-refractivity contribution in [3.63, 3.8) is 0 Å². The van der Waals surface area contributed by atoms with E-state index in [0.717, 1.165) is 39.1 Å². The van der Waals surface area contributed by atoms with Gasteiger partial charge in [-0.2, -0.15) is 0 Å². The first-order chi connectivity index (χ1) is 10.0. The first-order valence-corrected chi connectivity index (χ1v) is 8.73. The van der Waals surface area contributed by atoms with Gasteiger partial charge in [0, 0.05) is 18.6 Å². The van der Waals surface area contributed by atoms with Crippen LogP contribution >= 0.6 is 0 Å². The molecule has 2 unspecified atom stereocenters. The van der Waals surface area contributed by atoms with Crippen molar-refractivity contribution >= 4 is 0 Å². The summed E-state index contributed by atoms with van der Waals surface area (Å²) in [6, 6.07) is 0. The highest BCUT2D eigenvalue weighted by atomic mass is 16.5. The summed E-state index contributed by atoms with van der Waals surface area (Å²) >= 11 is 0. The molecule has 2 rings (SSSR count). The third-order valence-corrected chi connectivity index (χ3v) is 4.36. The Hall–Kier alpha value is -0.160. The molecule has 0 aromatic heterocycles. The molecule has 1 N–H and O–H groups in total. The lowest BCUT2D eigenvalue weighted by Crippen LogP contribution is -2.41. The number of hydrogen-bond acceptors (Lipinski definition) is 4. The molecule has 0 amide bonds. The lowest BCUT2D eigenvalue weighted by Gasteiger charge is -2.26. The fraction of sp³-hybridized carbons (Fsp3) is 1.00. The van der Waals surface area contributed by atoms with Gasteiger partial charge in [-0.1, -0.05) is 6.42 Å². The highest BCUT2D eigenvalue weighted by Gasteiger charge is 2.26. The topological polar surface area (TPSA) is 33.7 Å². The Morgan fingerprint density at radius 3 is 2.52 bits per heavy atom. The van der Waals surface area contributed by atoms with Gasteiger partial charge in [0.15, 0.2) is 0 Å². The molecule has 2 atom stereocenters. The van der Waals surface area contributed by atoms with Gasteiger partial charge in [0.2, 0.25) is 0 Å². The largest absolute Gasteiger partial charge is 0.377 e. The zero-order chi connectivity index (χ0) is 15.1. The molecular formula is C17H34N2O2. The highest BCUT2D eigenvalue weighted by Crippen LogP contribution is 2.20. The third kappa shape index (κ3) is 7.09. The van der Waals surface area contributed by atoms with E-state index < -0.39 is 0 Å². The van der Waals surface area contributed by atoms with Crippen molar-refractivity contribution < 1.29 is 9.47 Å². The molecule has 0 aromatic carbocycles. The van der Waals surface area contributed by atoms with Crippen LogP contribution in [0.1, 0.15) is 52.9 Å². The van der Waals surface area contributed by atoms with E-state index >= 15 is 0 Å². The summed E-state index contributed by atoms with van der Waals surface area (Å²) in [7, 11) is 0. The van der Waals surface area contributed by atoms with Crippen LogP contribution in [0.4, 0.5) is 0 Å². The number of nitrogens with zero attached hydrogens (tertiary/aromatic N) is 1. The van der Waals surface area contributed by atoms with Crippen molar-refractivity contribution in [2.75, 3.05) is 39.4 Å². The molecular weight excluding hydrogens is 264 g/mol. The number of likely N-dealkylation sites (tertiary alicyclic amines) is 1. The van der Waals surface area contributed by atoms with E-state index in [2.05, 4.69) is 31.0 Å². The molecule has 2 saturated heterocycles. The second-order valence-corrected chi connectivity index (χ2v) is 7.57. The molecule has 2 fully saturated rings. The van der Waals surface area contributed by atoms with Crippen LogP contribution in [0.5, 0.6) is 0 Å². The summed E-state index contributed by atoms with van der Waals surface area (Å²) in [4.78, 5) is 2.52. The zero-order valence-electron chi connectivity index (χ0n) is 14.2. The van der Waals surface area contributed by atoms with Crippen LogP contribution in [0.2, 0.25) is 0 Å². The SMILES string of the molecule is CC(C)(C)NCC1CCC(COCCN2CCCCC2)O1. The standard InChI is InChI=1S/C17H34N2O2/c1-17(2,3)18-13-15-7-8-16(21-15)14-20-12-11-19-9-5-4-6-10-19/h15-16,18H,4-14H2,1-3H3. The fourth-order valence-corrected chi connectivity index (χ4v) is 3.06. The van der Waals surface area contributed by atoms with Gasteiger partial charge in [0.05, 0.1) is 25.4 Å². The number of piperidine rings is 1. The van der Waals surface area contributed by atoms with E-state index in [-0.39, 0.29) is 5.54 Å². The van der Waals surface area contributed by atoms with Crippen LogP contribution in [0.15, 0.2) is 0 Å². The van der Waals surface area contributed by atoms with Crippen LogP contribution in [0.3, 0.4) is 0 Å². The van der Waals surface area contributed by atoms with Crippen molar-refractivity contribution in [3.05, 3.63) is 0 Å². The Bertz CT molecular complexity index is 285. The molecule has 0 bridgehead atoms. The van der Waals surface area contributed by atoms with Gasteiger partial charge in [0.1, 0.15) is 0 Å². The summed E-state index contributed by atoms with van der Waals surface area (Å²) < 4.78 is 11.9. The van der Waals surface area contributed by atoms with E-state index in [4.69, 9.17) is 9.47 Å². The predicted molar refractivity (Wildman–Crippen MR) is 86.8 cm³/mol. The van der Waals surface area contributed by atoms with Crippen LogP contribution in [-0.2, 0) is 9.47 Å². The monoisotopic (exact) mass is 298 g/mol. The molecule has 0 aliphatic carbocycles. The van der Waals surface area contributed by atoms with Gasteiger partial charge in [-0.15, -0.1) is 0 Å². The summed E-state index contributed by atoms with van der Waals surface area (Å²) in [6.07, 6.45) is 7.07. The Morgan fingerprint density at radius 1 is 1.10 bits per heavy atom. The van der Waals surface area contributed by atoms with Crippen LogP contribution < -0.4 is 5.32 Å². The molecule has 4 heteroatoms. The third-order valence-electron chi connectivity index (χ3n) is 4.36. The minimum Gasteiger partial charge on any atom is -0.377 e. The maximum atomic E-state index is 6.05. The summed E-state index contributed by atoms with van der Waals surface area (Å²) in [5.74, 6) is 0. The molecule has 2 aliphatic heterocycles. The first kappa shape index (κ1) is 17.2. The minimum atomic E-state index is 0.173. The normalized spacial score (nSPS) is 28.1. The quantitative estimate of drug-likeness (QED) is 0.732. The zero-order valence-corrected chi connectivity index (χ0v) is 14.2. The smallest absolute Gasteiger partial charge is 0.0813 e. The van der Waals surface area contributed by atoms with Crippen LogP contribution in [-0.4, -0.2) is 62.0 Å². The van der Waals surface area contributed by atoms with Gasteiger partial charge in [0.25, 0.3) is 0 Å². The molecule has 0 radical (unpaired) electrons. The van der Waals surface area contributed by atoms with Gasteiger partial charge >= 0.3 is 0 Å². The maximum Gasteiger partial charge on any atom is 0.0813 e. The molecule has 4 nitrogen and oxygen atoms in total. The second kappa shape index (κ2) is 8.47. The van der Waals surface area contributed by atoms with Crippen molar-refractivity contribution in [1.29, 1.82) is 0 Å². The van der Waals surface area contributed by atoms with E-state index in [1.807, 2.05) is 0 Å². The van der Waals surface area contributed by atoms with E-state index in [0.29, 0.717) is 12.2 Å². The molecule has 2 heterocycles. The van der Waals surface area contributed by atoms with Gasteiger partial charge in [-0.05, 0) is 59.5 Å². The molecule has 2 aliphatic rings. The van der Waals surface area contributed by atoms with Crippen molar-refractivity contribution in [2.24, 2.45) is 0 Å².